The molecule has 2 saturated heterocycles. The van der Waals surface area contributed by atoms with E-state index in [0.717, 1.165) is 66.9 Å². The number of phenolic OH excluding ortho intramolecular Hbond substituents is 2. The van der Waals surface area contributed by atoms with Gasteiger partial charge in [0.25, 0.3) is 0 Å². The summed E-state index contributed by atoms with van der Waals surface area (Å²) in [5.74, 6) is 1.29. The van der Waals surface area contributed by atoms with Crippen molar-refractivity contribution >= 4 is 32.1 Å². The third-order valence-corrected chi connectivity index (χ3v) is 16.3. The van der Waals surface area contributed by atoms with Crippen LogP contribution in [0.3, 0.4) is 0 Å². The number of benzene rings is 6. The van der Waals surface area contributed by atoms with Crippen LogP contribution in [0.5, 0.6) is 34.5 Å². The summed E-state index contributed by atoms with van der Waals surface area (Å²) in [5, 5.41) is 29.8. The number of halogens is 2. The van der Waals surface area contributed by atoms with Gasteiger partial charge in [-0.1, -0.05) is 68.4 Å². The molecule has 6 aromatic carbocycles. The molecule has 2 N–H and O–H groups in total. The lowest BCUT2D eigenvalue weighted by atomic mass is 9.84. The minimum atomic E-state index is -3.37. The van der Waals surface area contributed by atoms with Gasteiger partial charge in [0.15, 0.2) is 33.0 Å². The Morgan fingerprint density at radius 3 is 1.54 bits per heavy atom. The molecule has 0 radical (unpaired) electrons. The highest BCUT2D eigenvalue weighted by Crippen LogP contribution is 2.51. The maximum atomic E-state index is 15.0. The lowest BCUT2D eigenvalue weighted by molar-refractivity contribution is 0.169. The van der Waals surface area contributed by atoms with Gasteiger partial charge in [-0.2, -0.15) is 5.26 Å². The molecule has 0 aliphatic carbocycles. The molecule has 0 bridgehead atoms. The van der Waals surface area contributed by atoms with Crippen molar-refractivity contribution in [3.63, 3.8) is 0 Å². The number of allylic oxidation sites excluding steroid dienone is 2. The van der Waals surface area contributed by atoms with Crippen LogP contribution in [0.25, 0.3) is 22.3 Å². The van der Waals surface area contributed by atoms with Crippen molar-refractivity contribution in [2.45, 2.75) is 83.6 Å². The first-order chi connectivity index (χ1) is 36.4. The van der Waals surface area contributed by atoms with Crippen LogP contribution >= 0.6 is 0 Å². The summed E-state index contributed by atoms with van der Waals surface area (Å²) in [7, 11) is -3.37. The normalized spacial score (nSPS) is 20.3. The Labute approximate surface area is 445 Å². The zero-order chi connectivity index (χ0) is 54.0. The highest BCUT2D eigenvalue weighted by Gasteiger charge is 2.35. The lowest BCUT2D eigenvalue weighted by Crippen LogP contribution is -2.35. The minimum absolute atomic E-state index is 0.193. The number of aromatic hydroxyl groups is 2. The smallest absolute Gasteiger partial charge is 0.176 e. The predicted molar refractivity (Wildman–Crippen MR) is 292 cm³/mol. The Hall–Kier alpha value is -7.18. The van der Waals surface area contributed by atoms with E-state index >= 15 is 8.78 Å². The molecule has 14 heteroatoms. The first-order valence-electron chi connectivity index (χ1n) is 25.9. The number of phenols is 2. The van der Waals surface area contributed by atoms with Crippen molar-refractivity contribution < 1.29 is 46.4 Å². The summed E-state index contributed by atoms with van der Waals surface area (Å²) in [6, 6.07) is 37.8. The molecule has 4 heterocycles. The number of sulfone groups is 1. The van der Waals surface area contributed by atoms with Crippen LogP contribution < -0.4 is 18.9 Å². The second kappa shape index (κ2) is 22.6. The van der Waals surface area contributed by atoms with Crippen LogP contribution in [-0.4, -0.2) is 86.2 Å². The van der Waals surface area contributed by atoms with E-state index < -0.39 is 45.2 Å². The van der Waals surface area contributed by atoms with Gasteiger partial charge in [0.1, 0.15) is 48.4 Å². The molecular formula is C62H65F2N3O8S. The number of nitriles is 1. The largest absolute Gasteiger partial charge is 0.505 e. The average molecular weight is 1050 g/mol. The number of likely N-dealkylation sites (tertiary alicyclic amines) is 2. The van der Waals surface area contributed by atoms with Gasteiger partial charge in [0.05, 0.1) is 27.7 Å². The Bertz CT molecular complexity index is 3320. The van der Waals surface area contributed by atoms with Crippen LogP contribution in [0.1, 0.15) is 106 Å². The molecule has 4 aliphatic rings. The molecule has 2 fully saturated rings. The van der Waals surface area contributed by atoms with Gasteiger partial charge in [-0.3, -0.25) is 9.80 Å². The Morgan fingerprint density at radius 1 is 0.658 bits per heavy atom. The van der Waals surface area contributed by atoms with Crippen molar-refractivity contribution in [1.29, 1.82) is 5.26 Å². The van der Waals surface area contributed by atoms with E-state index in [-0.39, 0.29) is 16.0 Å². The average Bonchev–Trinajstić information content (AvgIpc) is 4.13. The molecule has 4 aliphatic heterocycles. The second-order valence-electron chi connectivity index (χ2n) is 20.8. The van der Waals surface area contributed by atoms with Crippen molar-refractivity contribution in [3.8, 4) is 40.6 Å². The van der Waals surface area contributed by atoms with Gasteiger partial charge < -0.3 is 29.2 Å². The molecule has 6 atom stereocenters. The van der Waals surface area contributed by atoms with Crippen LogP contribution in [0.15, 0.2) is 126 Å². The second-order valence-corrected chi connectivity index (χ2v) is 22.8. The van der Waals surface area contributed by atoms with Gasteiger partial charge >= 0.3 is 0 Å². The van der Waals surface area contributed by atoms with Gasteiger partial charge in [-0.15, -0.1) is 0 Å². The molecule has 0 saturated carbocycles. The molecule has 6 unspecified atom stereocenters. The lowest BCUT2D eigenvalue weighted by Gasteiger charge is -2.31. The third kappa shape index (κ3) is 11.3. The Morgan fingerprint density at radius 2 is 1.11 bits per heavy atom. The van der Waals surface area contributed by atoms with Crippen molar-refractivity contribution in [2.24, 2.45) is 11.8 Å². The maximum absolute atomic E-state index is 15.0. The summed E-state index contributed by atoms with van der Waals surface area (Å²) in [6.45, 7) is 18.2. The van der Waals surface area contributed by atoms with E-state index in [2.05, 4.69) is 43.6 Å². The zero-order valence-corrected chi connectivity index (χ0v) is 44.8. The Kier molecular flexibility index (Phi) is 15.9. The molecule has 0 spiro atoms. The van der Waals surface area contributed by atoms with E-state index in [1.807, 2.05) is 60.7 Å². The standard InChI is InChI=1S/C31H31FN2O3.C31H34FNO5S/c1-19-14-15-34(17-19)20(2)18-36-24-10-8-22(9-11-24)31-28(25-7-5-4-6-23(25)16-33)21(3)29-27(37-31)13-12-26(35)30(29)32;1-19-15-16-33(17-19)20(2)18-37-24-9-5-23(6-10-24)31-28(22-7-11-25(12-8-22)39(4,35)36)21(3)29-27(38-31)14-13-26(34)30(29)32/h4-13,19-20,31,35H,14-15,17-18H2,1-3H3;5-14,19-20,31,34H,15-18H2,1-4H3. The number of hydrogen-bond donors (Lipinski definition) is 2. The quantitative estimate of drug-likeness (QED) is 0.114. The zero-order valence-electron chi connectivity index (χ0n) is 44.0. The van der Waals surface area contributed by atoms with Crippen molar-refractivity contribution in [1.82, 2.24) is 9.80 Å². The molecule has 6 aromatic rings. The van der Waals surface area contributed by atoms with E-state index in [0.29, 0.717) is 75.8 Å². The molecule has 11 nitrogen and oxygen atoms in total. The molecule has 10 rings (SSSR count). The van der Waals surface area contributed by atoms with Gasteiger partial charge in [-0.05, 0) is 166 Å². The van der Waals surface area contributed by atoms with E-state index in [1.54, 1.807) is 50.2 Å². The predicted octanol–water partition coefficient (Wildman–Crippen LogP) is 12.7. The molecular weight excluding hydrogens is 985 g/mol. The third-order valence-electron chi connectivity index (χ3n) is 15.2. The summed E-state index contributed by atoms with van der Waals surface area (Å²) in [4.78, 5) is 5.12. The Balaban J connectivity index is 0.000000186. The van der Waals surface area contributed by atoms with E-state index in [9.17, 15) is 23.9 Å². The highest BCUT2D eigenvalue weighted by atomic mass is 32.2. The van der Waals surface area contributed by atoms with Gasteiger partial charge in [0, 0.05) is 42.6 Å². The fourth-order valence-electron chi connectivity index (χ4n) is 10.8. The van der Waals surface area contributed by atoms with Crippen molar-refractivity contribution in [3.05, 3.63) is 172 Å². The first kappa shape index (κ1) is 53.6. The van der Waals surface area contributed by atoms with Crippen LogP contribution in [0.4, 0.5) is 8.78 Å². The number of hydrogen-bond acceptors (Lipinski definition) is 11. The number of nitrogens with zero attached hydrogens (tertiary/aromatic N) is 3. The minimum Gasteiger partial charge on any atom is -0.505 e. The SMILES string of the molecule is CC1=C(c2ccc(S(C)(=O)=O)cc2)C(c2ccc(OCC(C)N3CCC(C)C3)cc2)Oc2ccc(O)c(F)c21.CC1=C(c2ccccc2C#N)C(c2ccc(OCC(C)N3CCC(C)C3)cc2)Oc2ccc(O)c(F)c21. The van der Waals surface area contributed by atoms with E-state index in [1.165, 1.54) is 37.1 Å². The highest BCUT2D eigenvalue weighted by molar-refractivity contribution is 7.90. The summed E-state index contributed by atoms with van der Waals surface area (Å²) in [6.07, 6.45) is 2.47. The summed E-state index contributed by atoms with van der Waals surface area (Å²) < 4.78 is 78.9. The van der Waals surface area contributed by atoms with Gasteiger partial charge in [-0.25, -0.2) is 17.2 Å². The van der Waals surface area contributed by atoms with E-state index in [4.69, 9.17) is 18.9 Å². The van der Waals surface area contributed by atoms with Crippen LogP contribution in [-0.2, 0) is 9.84 Å². The van der Waals surface area contributed by atoms with Crippen LogP contribution in [0.2, 0.25) is 0 Å². The summed E-state index contributed by atoms with van der Waals surface area (Å²) in [5.41, 5.74) is 6.56. The monoisotopic (exact) mass is 1050 g/mol. The number of ether oxygens (including phenoxy) is 4. The fourth-order valence-corrected chi connectivity index (χ4v) is 11.4. The number of fused-ring (bicyclic) bond motifs is 2. The van der Waals surface area contributed by atoms with Crippen molar-refractivity contribution in [2.75, 3.05) is 45.6 Å². The van der Waals surface area contributed by atoms with Gasteiger partial charge in [0.2, 0.25) is 0 Å². The molecule has 76 heavy (non-hydrogen) atoms. The maximum Gasteiger partial charge on any atom is 0.176 e. The molecule has 0 aromatic heterocycles. The molecule has 0 amide bonds. The first-order valence-corrected chi connectivity index (χ1v) is 27.8. The molecule has 396 valence electrons. The summed E-state index contributed by atoms with van der Waals surface area (Å²) >= 11 is 0. The topological polar surface area (TPSA) is 142 Å². The van der Waals surface area contributed by atoms with Crippen LogP contribution in [0, 0.1) is 34.8 Å². The number of rotatable bonds is 13. The fraction of sp³-hybridized carbons (Fsp3) is 0.339.